The fourth-order valence-electron chi connectivity index (χ4n) is 1.81. The van der Waals surface area contributed by atoms with Crippen molar-refractivity contribution >= 4 is 28.6 Å². The van der Waals surface area contributed by atoms with Crippen molar-refractivity contribution in [3.8, 4) is 0 Å². The molecule has 2 aromatic carbocycles. The number of hydrogen-bond acceptors (Lipinski definition) is 1. The van der Waals surface area contributed by atoms with Gasteiger partial charge in [-0.1, -0.05) is 55.1 Å². The third-order valence-electron chi connectivity index (χ3n) is 2.55. The molecule has 0 spiro atoms. The number of nitrogens with one attached hydrogen (secondary N) is 1. The molecule has 1 amide bonds. The first kappa shape index (κ1) is 11.0. The van der Waals surface area contributed by atoms with Crippen LogP contribution in [0.15, 0.2) is 42.5 Å². The van der Waals surface area contributed by atoms with Crippen LogP contribution in [0.2, 0.25) is 0 Å². The number of thiol groups is 1. The molecule has 82 valence electrons. The lowest BCUT2D eigenvalue weighted by atomic mass is 10.0. The van der Waals surface area contributed by atoms with Gasteiger partial charge in [-0.3, -0.25) is 4.79 Å². The molecule has 2 nitrogen and oxygen atoms in total. The molecule has 0 saturated heterocycles. The van der Waals surface area contributed by atoms with Gasteiger partial charge in [-0.05, 0) is 22.8 Å². The molecule has 1 N–H and O–H groups in total. The van der Waals surface area contributed by atoms with Gasteiger partial charge in [0.2, 0.25) is 0 Å². The van der Waals surface area contributed by atoms with Crippen LogP contribution in [-0.4, -0.2) is 11.8 Å². The highest BCUT2D eigenvalue weighted by molar-refractivity contribution is 7.96. The molecule has 0 bridgehead atoms. The molecule has 0 aliphatic carbocycles. The summed E-state index contributed by atoms with van der Waals surface area (Å²) in [7, 11) is 0. The molecule has 3 heteroatoms. The van der Waals surface area contributed by atoms with Crippen molar-refractivity contribution in [2.75, 3.05) is 6.54 Å². The minimum Gasteiger partial charge on any atom is -0.347 e. The van der Waals surface area contributed by atoms with E-state index >= 15 is 0 Å². The second kappa shape index (κ2) is 5.03. The number of carbonyl (C=O) groups excluding carboxylic acids is 1. The van der Waals surface area contributed by atoms with Gasteiger partial charge in [0.05, 0.1) is 0 Å². The molecule has 0 radical (unpaired) electrons. The lowest BCUT2D eigenvalue weighted by Gasteiger charge is -2.06. The monoisotopic (exact) mass is 231 g/mol. The van der Waals surface area contributed by atoms with Crippen molar-refractivity contribution in [2.24, 2.45) is 0 Å². The number of carbonyl (C=O) groups is 1. The van der Waals surface area contributed by atoms with Crippen LogP contribution in [0.25, 0.3) is 10.8 Å². The van der Waals surface area contributed by atoms with Crippen LogP contribution < -0.4 is 5.32 Å². The Hall–Kier alpha value is -1.48. The first-order valence-corrected chi connectivity index (χ1v) is 5.65. The predicted octanol–water partition coefficient (Wildman–Crippen LogP) is 3.02. The maximum Gasteiger partial charge on any atom is 0.275 e. The number of benzene rings is 2. The molecular formula is C13H13NOS. The summed E-state index contributed by atoms with van der Waals surface area (Å²) in [6.07, 6.45) is 0.827. The summed E-state index contributed by atoms with van der Waals surface area (Å²) in [6.45, 7) is 0.621. The van der Waals surface area contributed by atoms with Gasteiger partial charge in [0.25, 0.3) is 5.24 Å². The first-order chi connectivity index (χ1) is 7.77. The maximum atomic E-state index is 10.7. The van der Waals surface area contributed by atoms with Crippen LogP contribution in [-0.2, 0) is 6.42 Å². The summed E-state index contributed by atoms with van der Waals surface area (Å²) < 4.78 is 0. The topological polar surface area (TPSA) is 29.1 Å². The largest absolute Gasteiger partial charge is 0.347 e. The molecule has 2 aromatic rings. The molecular weight excluding hydrogens is 218 g/mol. The Kier molecular flexibility index (Phi) is 3.47. The van der Waals surface area contributed by atoms with Crippen molar-refractivity contribution < 1.29 is 4.79 Å². The van der Waals surface area contributed by atoms with Crippen molar-refractivity contribution in [3.63, 3.8) is 0 Å². The first-order valence-electron chi connectivity index (χ1n) is 5.21. The van der Waals surface area contributed by atoms with Gasteiger partial charge in [-0.25, -0.2) is 0 Å². The fraction of sp³-hybridized carbons (Fsp3) is 0.154. The van der Waals surface area contributed by atoms with Crippen molar-refractivity contribution in [1.82, 2.24) is 5.32 Å². The molecule has 0 aliphatic rings. The summed E-state index contributed by atoms with van der Waals surface area (Å²) in [4.78, 5) is 10.7. The van der Waals surface area contributed by atoms with E-state index in [1.807, 2.05) is 18.2 Å². The van der Waals surface area contributed by atoms with E-state index < -0.39 is 0 Å². The zero-order chi connectivity index (χ0) is 11.4. The Bertz CT molecular complexity index is 505. The Balaban J connectivity index is 2.20. The van der Waals surface area contributed by atoms with Crippen LogP contribution in [0.1, 0.15) is 5.56 Å². The molecule has 0 unspecified atom stereocenters. The van der Waals surface area contributed by atoms with Crippen LogP contribution >= 0.6 is 12.6 Å². The summed E-state index contributed by atoms with van der Waals surface area (Å²) in [6, 6.07) is 14.5. The van der Waals surface area contributed by atoms with Crippen molar-refractivity contribution in [1.29, 1.82) is 0 Å². The Labute approximate surface area is 100 Å². The third kappa shape index (κ3) is 2.55. The standard InChI is InChI=1S/C13H13NOS/c15-13(16)14-9-8-11-6-3-5-10-4-1-2-7-12(10)11/h1-7H,8-9H2,(H2,14,15,16). The molecule has 0 aliphatic heterocycles. The highest BCUT2D eigenvalue weighted by atomic mass is 32.1. The lowest BCUT2D eigenvalue weighted by molar-refractivity contribution is 0.261. The molecule has 0 aromatic heterocycles. The number of fused-ring (bicyclic) bond motifs is 1. The van der Waals surface area contributed by atoms with E-state index in [2.05, 4.69) is 42.2 Å². The summed E-state index contributed by atoms with van der Waals surface area (Å²) in [5.41, 5.74) is 1.25. The van der Waals surface area contributed by atoms with Crippen LogP contribution in [0.5, 0.6) is 0 Å². The Morgan fingerprint density at radius 1 is 1.12 bits per heavy atom. The Morgan fingerprint density at radius 2 is 1.88 bits per heavy atom. The van der Waals surface area contributed by atoms with Crippen LogP contribution in [0, 0.1) is 0 Å². The lowest BCUT2D eigenvalue weighted by Crippen LogP contribution is -2.19. The Morgan fingerprint density at radius 3 is 2.69 bits per heavy atom. The average molecular weight is 231 g/mol. The minimum atomic E-state index is -0.278. The molecule has 0 atom stereocenters. The molecule has 0 saturated carbocycles. The second-order valence-electron chi connectivity index (χ2n) is 3.62. The maximum absolute atomic E-state index is 10.7. The summed E-state index contributed by atoms with van der Waals surface area (Å²) in [5, 5.41) is 4.89. The normalized spacial score (nSPS) is 10.3. The fourth-order valence-corrected chi connectivity index (χ4v) is 1.93. The van der Waals surface area contributed by atoms with Gasteiger partial charge in [0.1, 0.15) is 0 Å². The minimum absolute atomic E-state index is 0.278. The molecule has 2 rings (SSSR count). The van der Waals surface area contributed by atoms with E-state index in [0.717, 1.165) is 6.42 Å². The average Bonchev–Trinajstić information content (AvgIpc) is 2.29. The van der Waals surface area contributed by atoms with Gasteiger partial charge in [0, 0.05) is 6.54 Å². The predicted molar refractivity (Wildman–Crippen MR) is 70.0 cm³/mol. The van der Waals surface area contributed by atoms with Crippen molar-refractivity contribution in [2.45, 2.75) is 6.42 Å². The quantitative estimate of drug-likeness (QED) is 0.781. The van der Waals surface area contributed by atoms with Gasteiger partial charge < -0.3 is 5.32 Å². The van der Waals surface area contributed by atoms with Gasteiger partial charge >= 0.3 is 0 Å². The van der Waals surface area contributed by atoms with E-state index in [4.69, 9.17) is 0 Å². The van der Waals surface area contributed by atoms with Crippen LogP contribution in [0.3, 0.4) is 0 Å². The van der Waals surface area contributed by atoms with E-state index in [1.165, 1.54) is 16.3 Å². The van der Waals surface area contributed by atoms with E-state index in [0.29, 0.717) is 6.54 Å². The number of amides is 1. The zero-order valence-corrected chi connectivity index (χ0v) is 9.71. The zero-order valence-electron chi connectivity index (χ0n) is 8.81. The van der Waals surface area contributed by atoms with Gasteiger partial charge in [-0.15, -0.1) is 0 Å². The molecule has 0 heterocycles. The van der Waals surface area contributed by atoms with Gasteiger partial charge in [0.15, 0.2) is 0 Å². The summed E-state index contributed by atoms with van der Waals surface area (Å²) >= 11 is 3.67. The second-order valence-corrected chi connectivity index (χ2v) is 4.03. The van der Waals surface area contributed by atoms with Gasteiger partial charge in [-0.2, -0.15) is 0 Å². The highest BCUT2D eigenvalue weighted by Crippen LogP contribution is 2.18. The van der Waals surface area contributed by atoms with Crippen molar-refractivity contribution in [3.05, 3.63) is 48.0 Å². The molecule has 0 fully saturated rings. The number of rotatable bonds is 3. The summed E-state index contributed by atoms with van der Waals surface area (Å²) in [5.74, 6) is 0. The van der Waals surface area contributed by atoms with Crippen LogP contribution in [0.4, 0.5) is 4.79 Å². The third-order valence-corrected chi connectivity index (χ3v) is 2.71. The number of hydrogen-bond donors (Lipinski definition) is 2. The van der Waals surface area contributed by atoms with E-state index in [1.54, 1.807) is 0 Å². The SMILES string of the molecule is O=C(S)NCCc1cccc2ccccc12. The van der Waals surface area contributed by atoms with E-state index in [-0.39, 0.29) is 5.24 Å². The highest BCUT2D eigenvalue weighted by Gasteiger charge is 2.00. The smallest absolute Gasteiger partial charge is 0.275 e. The van der Waals surface area contributed by atoms with E-state index in [9.17, 15) is 4.79 Å². The molecule has 16 heavy (non-hydrogen) atoms.